The Balaban J connectivity index is 1.82. The summed E-state index contributed by atoms with van der Waals surface area (Å²) in [5.74, 6) is 0.0331. The van der Waals surface area contributed by atoms with Gasteiger partial charge < -0.3 is 9.31 Å². The molecule has 3 heterocycles. The first-order chi connectivity index (χ1) is 11.0. The minimum Gasteiger partial charge on any atom is -0.399 e. The molecule has 0 spiro atoms. The molecule has 0 aromatic carbocycles. The highest BCUT2D eigenvalue weighted by molar-refractivity contribution is 6.62. The van der Waals surface area contributed by atoms with Gasteiger partial charge in [-0.1, -0.05) is 0 Å². The van der Waals surface area contributed by atoms with E-state index in [1.165, 1.54) is 10.9 Å². The third-order valence-corrected chi connectivity index (χ3v) is 4.30. The first-order valence-electron chi connectivity index (χ1n) is 7.29. The summed E-state index contributed by atoms with van der Waals surface area (Å²) in [5.41, 5.74) is -1.27. The van der Waals surface area contributed by atoms with Gasteiger partial charge in [-0.25, -0.2) is 14.6 Å². The summed E-state index contributed by atoms with van der Waals surface area (Å²) < 4.78 is 50.7. The van der Waals surface area contributed by atoms with Gasteiger partial charge in [0.15, 0.2) is 0 Å². The maximum absolute atomic E-state index is 12.5. The summed E-state index contributed by atoms with van der Waals surface area (Å²) in [5, 5.41) is 4.07. The SMILES string of the molecule is CC1(C)OB(c2cnn(-c3ncc(C(F)(F)F)cn3)c2)OC1(C)C. The summed E-state index contributed by atoms with van der Waals surface area (Å²) >= 11 is 0. The van der Waals surface area contributed by atoms with Crippen molar-refractivity contribution in [1.82, 2.24) is 19.7 Å². The number of hydrogen-bond donors (Lipinski definition) is 0. The van der Waals surface area contributed by atoms with E-state index in [2.05, 4.69) is 15.1 Å². The van der Waals surface area contributed by atoms with E-state index in [1.54, 1.807) is 6.20 Å². The van der Waals surface area contributed by atoms with Crippen molar-refractivity contribution in [1.29, 1.82) is 0 Å². The molecule has 1 saturated heterocycles. The quantitative estimate of drug-likeness (QED) is 0.783. The van der Waals surface area contributed by atoms with Gasteiger partial charge in [0.05, 0.1) is 16.8 Å². The predicted octanol–water partition coefficient (Wildman–Crippen LogP) is 1.98. The second-order valence-corrected chi connectivity index (χ2v) is 6.58. The van der Waals surface area contributed by atoms with Crippen LogP contribution < -0.4 is 5.46 Å². The van der Waals surface area contributed by atoms with E-state index in [0.717, 1.165) is 12.4 Å². The zero-order chi connectivity index (χ0) is 17.8. The molecule has 0 N–H and O–H groups in total. The van der Waals surface area contributed by atoms with Crippen LogP contribution in [0.2, 0.25) is 0 Å². The van der Waals surface area contributed by atoms with Crippen LogP contribution >= 0.6 is 0 Å². The van der Waals surface area contributed by atoms with Gasteiger partial charge in [-0.2, -0.15) is 18.3 Å². The van der Waals surface area contributed by atoms with E-state index in [-0.39, 0.29) is 5.95 Å². The molecule has 2 aromatic heterocycles. The fraction of sp³-hybridized carbons (Fsp3) is 0.500. The summed E-state index contributed by atoms with van der Waals surface area (Å²) in [4.78, 5) is 7.40. The van der Waals surface area contributed by atoms with Crippen molar-refractivity contribution in [3.8, 4) is 5.95 Å². The van der Waals surface area contributed by atoms with E-state index in [1.807, 2.05) is 27.7 Å². The average molecular weight is 340 g/mol. The minimum atomic E-state index is -4.48. The molecule has 0 unspecified atom stereocenters. The number of hydrogen-bond acceptors (Lipinski definition) is 5. The predicted molar refractivity (Wildman–Crippen MR) is 79.9 cm³/mol. The van der Waals surface area contributed by atoms with Crippen molar-refractivity contribution in [2.45, 2.75) is 45.1 Å². The Morgan fingerprint density at radius 1 is 1.00 bits per heavy atom. The highest BCUT2D eigenvalue weighted by atomic mass is 19.4. The van der Waals surface area contributed by atoms with E-state index in [0.29, 0.717) is 5.46 Å². The first kappa shape index (κ1) is 16.9. The van der Waals surface area contributed by atoms with Crippen molar-refractivity contribution in [2.75, 3.05) is 0 Å². The molecule has 10 heteroatoms. The number of rotatable bonds is 2. The van der Waals surface area contributed by atoms with Crippen LogP contribution in [0.1, 0.15) is 33.3 Å². The second-order valence-electron chi connectivity index (χ2n) is 6.58. The van der Waals surface area contributed by atoms with Gasteiger partial charge in [-0.05, 0) is 27.7 Å². The zero-order valence-electron chi connectivity index (χ0n) is 13.6. The van der Waals surface area contributed by atoms with Crippen LogP contribution in [-0.4, -0.2) is 38.1 Å². The molecule has 1 aliphatic heterocycles. The highest BCUT2D eigenvalue weighted by Crippen LogP contribution is 2.36. The molecule has 6 nitrogen and oxygen atoms in total. The van der Waals surface area contributed by atoms with Crippen LogP contribution in [0, 0.1) is 0 Å². The monoisotopic (exact) mass is 340 g/mol. The average Bonchev–Trinajstić information content (AvgIpc) is 3.02. The van der Waals surface area contributed by atoms with Crippen LogP contribution in [-0.2, 0) is 15.5 Å². The maximum atomic E-state index is 12.5. The molecular weight excluding hydrogens is 324 g/mol. The zero-order valence-corrected chi connectivity index (χ0v) is 13.6. The lowest BCUT2D eigenvalue weighted by Crippen LogP contribution is -2.41. The fourth-order valence-electron chi connectivity index (χ4n) is 2.13. The lowest BCUT2D eigenvalue weighted by Gasteiger charge is -2.32. The Morgan fingerprint density at radius 2 is 1.54 bits per heavy atom. The molecular formula is C14H16BF3N4O2. The molecule has 0 radical (unpaired) electrons. The van der Waals surface area contributed by atoms with Gasteiger partial charge >= 0.3 is 13.3 Å². The van der Waals surface area contributed by atoms with Crippen molar-refractivity contribution in [3.05, 3.63) is 30.4 Å². The Kier molecular flexibility index (Phi) is 3.72. The van der Waals surface area contributed by atoms with Crippen LogP contribution in [0.3, 0.4) is 0 Å². The molecule has 0 aliphatic carbocycles. The molecule has 2 aromatic rings. The normalized spacial score (nSPS) is 19.7. The molecule has 1 fully saturated rings. The summed E-state index contributed by atoms with van der Waals surface area (Å²) in [7, 11) is -0.613. The third kappa shape index (κ3) is 2.91. The highest BCUT2D eigenvalue weighted by Gasteiger charge is 2.52. The van der Waals surface area contributed by atoms with Gasteiger partial charge in [0.1, 0.15) is 0 Å². The number of halogens is 3. The van der Waals surface area contributed by atoms with Crippen LogP contribution in [0.5, 0.6) is 0 Å². The lowest BCUT2D eigenvalue weighted by atomic mass is 9.82. The van der Waals surface area contributed by atoms with Gasteiger partial charge in [-0.15, -0.1) is 0 Å². The maximum Gasteiger partial charge on any atom is 0.498 e. The van der Waals surface area contributed by atoms with E-state index in [4.69, 9.17) is 9.31 Å². The Bertz CT molecular complexity index is 727. The smallest absolute Gasteiger partial charge is 0.399 e. The van der Waals surface area contributed by atoms with Crippen molar-refractivity contribution < 1.29 is 22.5 Å². The first-order valence-corrected chi connectivity index (χ1v) is 7.29. The topological polar surface area (TPSA) is 62.1 Å². The van der Waals surface area contributed by atoms with Crippen molar-refractivity contribution in [2.24, 2.45) is 0 Å². The summed E-state index contributed by atoms with van der Waals surface area (Å²) in [6.45, 7) is 7.71. The fourth-order valence-corrected chi connectivity index (χ4v) is 2.13. The van der Waals surface area contributed by atoms with E-state index in [9.17, 15) is 13.2 Å². The van der Waals surface area contributed by atoms with Gasteiger partial charge in [0.25, 0.3) is 0 Å². The third-order valence-electron chi connectivity index (χ3n) is 4.30. The molecule has 0 saturated carbocycles. The van der Waals surface area contributed by atoms with Crippen LogP contribution in [0.25, 0.3) is 5.95 Å². The molecule has 128 valence electrons. The minimum absolute atomic E-state index is 0.0331. The molecule has 3 rings (SSSR count). The van der Waals surface area contributed by atoms with Crippen LogP contribution in [0.4, 0.5) is 13.2 Å². The lowest BCUT2D eigenvalue weighted by molar-refractivity contribution is -0.138. The molecule has 0 atom stereocenters. The van der Waals surface area contributed by atoms with E-state index >= 15 is 0 Å². The van der Waals surface area contributed by atoms with Crippen LogP contribution in [0.15, 0.2) is 24.8 Å². The number of aromatic nitrogens is 4. The second kappa shape index (κ2) is 5.28. The Labute approximate surface area is 137 Å². The van der Waals surface area contributed by atoms with Crippen molar-refractivity contribution >= 4 is 12.6 Å². The van der Waals surface area contributed by atoms with Gasteiger partial charge in [0, 0.05) is 30.3 Å². The van der Waals surface area contributed by atoms with Crippen molar-refractivity contribution in [3.63, 3.8) is 0 Å². The van der Waals surface area contributed by atoms with Gasteiger partial charge in [-0.3, -0.25) is 0 Å². The largest absolute Gasteiger partial charge is 0.498 e. The Hall–Kier alpha value is -1.94. The standard InChI is InChI=1S/C14H16BF3N4O2/c1-12(2)13(3,4)24-15(23-12)10-7-21-22(8-10)11-19-5-9(6-20-11)14(16,17)18/h5-8H,1-4H3. The molecule has 24 heavy (non-hydrogen) atoms. The summed E-state index contributed by atoms with van der Waals surface area (Å²) in [6, 6.07) is 0. The Morgan fingerprint density at radius 3 is 2.04 bits per heavy atom. The molecule has 0 amide bonds. The molecule has 1 aliphatic rings. The molecule has 0 bridgehead atoms. The number of nitrogens with zero attached hydrogens (tertiary/aromatic N) is 4. The van der Waals surface area contributed by atoms with E-state index < -0.39 is 30.1 Å². The number of alkyl halides is 3. The van der Waals surface area contributed by atoms with Gasteiger partial charge in [0.2, 0.25) is 5.95 Å². The summed E-state index contributed by atoms with van der Waals surface area (Å²) in [6.07, 6.45) is 0.0569.